The second-order valence-electron chi connectivity index (χ2n) is 3.73. The van der Waals surface area contributed by atoms with Crippen LogP contribution >= 0.6 is 0 Å². The van der Waals surface area contributed by atoms with E-state index in [1.165, 1.54) is 12.8 Å². The van der Waals surface area contributed by atoms with E-state index >= 15 is 0 Å². The first-order valence-electron chi connectivity index (χ1n) is 5.47. The summed E-state index contributed by atoms with van der Waals surface area (Å²) >= 11 is 0. The average Bonchev–Trinajstić information content (AvgIpc) is 2.09. The molecule has 5 heteroatoms. The molecule has 0 bridgehead atoms. The Morgan fingerprint density at radius 1 is 1.07 bits per heavy atom. The van der Waals surface area contributed by atoms with Gasteiger partial charge in [-0.15, -0.1) is 0 Å². The summed E-state index contributed by atoms with van der Waals surface area (Å²) in [7, 11) is -4.06. The standard InChI is InChI=1S/C10H22O3S.Na/c1-3-5-6-7-8-9-10(4-2)14(11,12)13;/h10H,3-9H2,1-2H3,(H,11,12,13);/q;+1/p-1. The summed E-state index contributed by atoms with van der Waals surface area (Å²) in [5.41, 5.74) is 0. The topological polar surface area (TPSA) is 57.2 Å². The number of unbranched alkanes of at least 4 members (excludes halogenated alkanes) is 4. The van der Waals surface area contributed by atoms with Gasteiger partial charge < -0.3 is 4.55 Å². The van der Waals surface area contributed by atoms with Gasteiger partial charge in [-0.25, -0.2) is 8.42 Å². The monoisotopic (exact) mass is 244 g/mol. The molecule has 0 aromatic rings. The van der Waals surface area contributed by atoms with Gasteiger partial charge >= 0.3 is 29.6 Å². The smallest absolute Gasteiger partial charge is 0.748 e. The van der Waals surface area contributed by atoms with Crippen LogP contribution in [0.4, 0.5) is 0 Å². The van der Waals surface area contributed by atoms with Crippen molar-refractivity contribution in [1.29, 1.82) is 0 Å². The number of hydrogen-bond acceptors (Lipinski definition) is 3. The van der Waals surface area contributed by atoms with E-state index in [9.17, 15) is 13.0 Å². The molecule has 0 saturated heterocycles. The fraction of sp³-hybridized carbons (Fsp3) is 1.00. The maximum atomic E-state index is 10.7. The van der Waals surface area contributed by atoms with Crippen LogP contribution in [0.15, 0.2) is 0 Å². The molecule has 0 saturated carbocycles. The molecule has 15 heavy (non-hydrogen) atoms. The minimum Gasteiger partial charge on any atom is -0.748 e. The first-order chi connectivity index (χ1) is 6.52. The third-order valence-corrected chi connectivity index (χ3v) is 3.88. The summed E-state index contributed by atoms with van der Waals surface area (Å²) in [5, 5.41) is -0.663. The van der Waals surface area contributed by atoms with Gasteiger partial charge in [0.15, 0.2) is 0 Å². The molecule has 0 aromatic heterocycles. The first kappa shape index (κ1) is 18.3. The molecule has 0 heterocycles. The normalized spacial score (nSPS) is 13.3. The molecule has 0 N–H and O–H groups in total. The van der Waals surface area contributed by atoms with E-state index in [4.69, 9.17) is 0 Å². The van der Waals surface area contributed by atoms with Gasteiger partial charge in [-0.1, -0.05) is 46.0 Å². The van der Waals surface area contributed by atoms with E-state index < -0.39 is 15.4 Å². The Balaban J connectivity index is 0. The summed E-state index contributed by atoms with van der Waals surface area (Å²) in [5.74, 6) is 0. The Morgan fingerprint density at radius 2 is 1.60 bits per heavy atom. The Morgan fingerprint density at radius 3 is 2.00 bits per heavy atom. The SMILES string of the molecule is CCCCCCCC(CC)S(=O)(=O)[O-].[Na+]. The van der Waals surface area contributed by atoms with Crippen LogP contribution in [0.2, 0.25) is 0 Å². The van der Waals surface area contributed by atoms with Crippen LogP contribution in [0.5, 0.6) is 0 Å². The zero-order valence-corrected chi connectivity index (χ0v) is 13.0. The molecule has 0 rings (SSSR count). The van der Waals surface area contributed by atoms with Gasteiger partial charge in [-0.2, -0.15) is 0 Å². The zero-order valence-electron chi connectivity index (χ0n) is 10.2. The van der Waals surface area contributed by atoms with E-state index in [0.717, 1.165) is 19.3 Å². The Hall–Kier alpha value is 0.910. The molecular weight excluding hydrogens is 223 g/mol. The van der Waals surface area contributed by atoms with Crippen molar-refractivity contribution >= 4 is 10.1 Å². The zero-order chi connectivity index (χ0) is 11.0. The predicted molar refractivity (Wildman–Crippen MR) is 57.2 cm³/mol. The summed E-state index contributed by atoms with van der Waals surface area (Å²) < 4.78 is 32.2. The summed E-state index contributed by atoms with van der Waals surface area (Å²) in [6, 6.07) is 0. The van der Waals surface area contributed by atoms with Crippen LogP contribution in [0.1, 0.15) is 58.8 Å². The van der Waals surface area contributed by atoms with Crippen LogP contribution < -0.4 is 29.6 Å². The molecule has 86 valence electrons. The Kier molecular flexibility index (Phi) is 12.3. The van der Waals surface area contributed by atoms with Crippen LogP contribution in [-0.4, -0.2) is 18.2 Å². The minimum absolute atomic E-state index is 0. The van der Waals surface area contributed by atoms with Crippen molar-refractivity contribution in [3.8, 4) is 0 Å². The summed E-state index contributed by atoms with van der Waals surface area (Å²) in [6.07, 6.45) is 6.40. The third-order valence-electron chi connectivity index (χ3n) is 2.49. The number of hydrogen-bond donors (Lipinski definition) is 0. The van der Waals surface area contributed by atoms with Gasteiger partial charge in [0.25, 0.3) is 0 Å². The van der Waals surface area contributed by atoms with E-state index in [1.807, 2.05) is 0 Å². The van der Waals surface area contributed by atoms with Crippen molar-refractivity contribution in [2.75, 3.05) is 0 Å². The van der Waals surface area contributed by atoms with Gasteiger partial charge in [-0.05, 0) is 12.8 Å². The molecule has 0 aromatic carbocycles. The molecule has 3 nitrogen and oxygen atoms in total. The van der Waals surface area contributed by atoms with Crippen LogP contribution in [0.3, 0.4) is 0 Å². The summed E-state index contributed by atoms with van der Waals surface area (Å²) in [6.45, 7) is 3.89. The Labute approximate surface area is 116 Å². The van der Waals surface area contributed by atoms with Crippen molar-refractivity contribution in [3.63, 3.8) is 0 Å². The van der Waals surface area contributed by atoms with Crippen molar-refractivity contribution < 1.29 is 42.5 Å². The van der Waals surface area contributed by atoms with E-state index in [2.05, 4.69) is 6.92 Å². The molecule has 0 fully saturated rings. The van der Waals surface area contributed by atoms with Crippen LogP contribution in [0, 0.1) is 0 Å². The molecular formula is C10H21NaO3S. The molecule has 0 aliphatic carbocycles. The van der Waals surface area contributed by atoms with Crippen molar-refractivity contribution in [1.82, 2.24) is 0 Å². The second-order valence-corrected chi connectivity index (χ2v) is 5.38. The van der Waals surface area contributed by atoms with E-state index in [1.54, 1.807) is 6.92 Å². The molecule has 1 unspecified atom stereocenters. The van der Waals surface area contributed by atoms with Gasteiger partial charge in [0.05, 0.1) is 10.1 Å². The van der Waals surface area contributed by atoms with Gasteiger partial charge in [0.2, 0.25) is 0 Å². The van der Waals surface area contributed by atoms with Crippen LogP contribution in [0.25, 0.3) is 0 Å². The minimum atomic E-state index is -4.06. The molecule has 0 radical (unpaired) electrons. The molecule has 0 aliphatic rings. The third kappa shape index (κ3) is 9.82. The van der Waals surface area contributed by atoms with Crippen molar-refractivity contribution in [2.24, 2.45) is 0 Å². The van der Waals surface area contributed by atoms with Crippen LogP contribution in [-0.2, 0) is 10.1 Å². The van der Waals surface area contributed by atoms with Crippen molar-refractivity contribution in [3.05, 3.63) is 0 Å². The van der Waals surface area contributed by atoms with Crippen molar-refractivity contribution in [2.45, 2.75) is 64.0 Å². The van der Waals surface area contributed by atoms with Gasteiger partial charge in [0.1, 0.15) is 0 Å². The maximum Gasteiger partial charge on any atom is 1.00 e. The predicted octanol–water partition coefficient (Wildman–Crippen LogP) is -0.325. The fourth-order valence-electron chi connectivity index (χ4n) is 1.53. The van der Waals surface area contributed by atoms with E-state index in [-0.39, 0.29) is 29.6 Å². The summed E-state index contributed by atoms with van der Waals surface area (Å²) in [4.78, 5) is 0. The van der Waals surface area contributed by atoms with Gasteiger partial charge in [-0.3, -0.25) is 0 Å². The average molecular weight is 244 g/mol. The molecule has 0 spiro atoms. The second kappa shape index (κ2) is 10.1. The van der Waals surface area contributed by atoms with Gasteiger partial charge in [0, 0.05) is 5.25 Å². The maximum absolute atomic E-state index is 10.7. The first-order valence-corrected chi connectivity index (χ1v) is 6.94. The quantitative estimate of drug-likeness (QED) is 0.334. The fourth-order valence-corrected chi connectivity index (χ4v) is 2.39. The Bertz CT molecular complexity index is 227. The van der Waals surface area contributed by atoms with E-state index in [0.29, 0.717) is 12.8 Å². The molecule has 0 aliphatic heterocycles. The molecule has 1 atom stereocenters. The molecule has 0 amide bonds. The largest absolute Gasteiger partial charge is 1.00 e. The number of rotatable bonds is 8.